The van der Waals surface area contributed by atoms with Gasteiger partial charge in [0.05, 0.1) is 11.7 Å². The molecule has 0 heterocycles. The average molecular weight is 424 g/mol. The SMILES string of the molecule is O=C(NCC1CCC(O)C1)c1cc(Br)ccc1I. The van der Waals surface area contributed by atoms with E-state index in [0.717, 1.165) is 27.3 Å². The molecule has 1 fully saturated rings. The van der Waals surface area contributed by atoms with Crippen molar-refractivity contribution in [2.45, 2.75) is 25.4 Å². The number of aliphatic hydroxyl groups is 1. The minimum Gasteiger partial charge on any atom is -0.393 e. The molecule has 1 aliphatic rings. The van der Waals surface area contributed by atoms with E-state index in [1.165, 1.54) is 0 Å². The molecule has 0 aliphatic heterocycles. The molecular formula is C13H15BrINO2. The average Bonchev–Trinajstić information content (AvgIpc) is 2.75. The number of halogens is 2. The summed E-state index contributed by atoms with van der Waals surface area (Å²) < 4.78 is 1.85. The molecule has 2 atom stereocenters. The van der Waals surface area contributed by atoms with E-state index >= 15 is 0 Å². The number of hydrogen-bond donors (Lipinski definition) is 2. The molecule has 1 aromatic rings. The molecule has 1 saturated carbocycles. The Balaban J connectivity index is 1.93. The van der Waals surface area contributed by atoms with Crippen molar-refractivity contribution in [1.29, 1.82) is 0 Å². The zero-order chi connectivity index (χ0) is 13.1. The Kier molecular flexibility index (Phi) is 5.03. The van der Waals surface area contributed by atoms with Gasteiger partial charge in [-0.15, -0.1) is 0 Å². The van der Waals surface area contributed by atoms with Crippen LogP contribution in [0.4, 0.5) is 0 Å². The molecule has 2 unspecified atom stereocenters. The van der Waals surface area contributed by atoms with Crippen LogP contribution in [0.25, 0.3) is 0 Å². The van der Waals surface area contributed by atoms with Crippen LogP contribution in [0, 0.1) is 9.49 Å². The molecular weight excluding hydrogens is 409 g/mol. The van der Waals surface area contributed by atoms with Gasteiger partial charge in [0.15, 0.2) is 0 Å². The second kappa shape index (κ2) is 6.34. The monoisotopic (exact) mass is 423 g/mol. The smallest absolute Gasteiger partial charge is 0.252 e. The Morgan fingerprint density at radius 2 is 2.28 bits per heavy atom. The number of carbonyl (C=O) groups excluding carboxylic acids is 1. The maximum Gasteiger partial charge on any atom is 0.252 e. The third-order valence-electron chi connectivity index (χ3n) is 3.24. The Bertz CT molecular complexity index is 453. The lowest BCUT2D eigenvalue weighted by Gasteiger charge is -2.12. The first-order valence-electron chi connectivity index (χ1n) is 5.97. The zero-order valence-electron chi connectivity index (χ0n) is 9.83. The number of rotatable bonds is 3. The lowest BCUT2D eigenvalue weighted by Crippen LogP contribution is -2.29. The fourth-order valence-electron chi connectivity index (χ4n) is 2.24. The van der Waals surface area contributed by atoms with E-state index in [-0.39, 0.29) is 12.0 Å². The molecule has 98 valence electrons. The van der Waals surface area contributed by atoms with E-state index in [2.05, 4.69) is 43.8 Å². The van der Waals surface area contributed by atoms with Crippen molar-refractivity contribution >= 4 is 44.4 Å². The van der Waals surface area contributed by atoms with Gasteiger partial charge < -0.3 is 10.4 Å². The largest absolute Gasteiger partial charge is 0.393 e. The highest BCUT2D eigenvalue weighted by molar-refractivity contribution is 14.1. The van der Waals surface area contributed by atoms with Gasteiger partial charge >= 0.3 is 0 Å². The van der Waals surface area contributed by atoms with Crippen molar-refractivity contribution in [1.82, 2.24) is 5.32 Å². The molecule has 0 bridgehead atoms. The fraction of sp³-hybridized carbons (Fsp3) is 0.462. The number of nitrogens with one attached hydrogen (secondary N) is 1. The minimum atomic E-state index is -0.182. The number of hydrogen-bond acceptors (Lipinski definition) is 2. The highest BCUT2D eigenvalue weighted by atomic mass is 127. The van der Waals surface area contributed by atoms with Crippen LogP contribution < -0.4 is 5.32 Å². The minimum absolute atomic E-state index is 0.0397. The van der Waals surface area contributed by atoms with Crippen LogP contribution in [0.5, 0.6) is 0 Å². The highest BCUT2D eigenvalue weighted by Gasteiger charge is 2.23. The second-order valence-electron chi connectivity index (χ2n) is 4.67. The number of benzene rings is 1. The van der Waals surface area contributed by atoms with Crippen molar-refractivity contribution in [3.8, 4) is 0 Å². The molecule has 0 radical (unpaired) electrons. The van der Waals surface area contributed by atoms with Gasteiger partial charge in [-0.25, -0.2) is 0 Å². The van der Waals surface area contributed by atoms with Gasteiger partial charge in [0, 0.05) is 14.6 Å². The van der Waals surface area contributed by atoms with Gasteiger partial charge in [-0.3, -0.25) is 4.79 Å². The Morgan fingerprint density at radius 3 is 2.94 bits per heavy atom. The lowest BCUT2D eigenvalue weighted by atomic mass is 10.1. The molecule has 1 aromatic carbocycles. The first-order chi connectivity index (χ1) is 8.56. The summed E-state index contributed by atoms with van der Waals surface area (Å²) >= 11 is 5.54. The van der Waals surface area contributed by atoms with Gasteiger partial charge in [0.1, 0.15) is 0 Å². The van der Waals surface area contributed by atoms with Gasteiger partial charge in [0.25, 0.3) is 5.91 Å². The van der Waals surface area contributed by atoms with Crippen molar-refractivity contribution in [2.24, 2.45) is 5.92 Å². The quantitative estimate of drug-likeness (QED) is 0.734. The topological polar surface area (TPSA) is 49.3 Å². The summed E-state index contributed by atoms with van der Waals surface area (Å²) in [5.41, 5.74) is 0.698. The lowest BCUT2D eigenvalue weighted by molar-refractivity contribution is 0.0944. The summed E-state index contributed by atoms with van der Waals surface area (Å²) in [4.78, 5) is 12.1. The van der Waals surface area contributed by atoms with Gasteiger partial charge in [-0.2, -0.15) is 0 Å². The predicted octanol–water partition coefficient (Wildman–Crippen LogP) is 2.94. The van der Waals surface area contributed by atoms with E-state index in [1.54, 1.807) is 0 Å². The van der Waals surface area contributed by atoms with Gasteiger partial charge in [0.2, 0.25) is 0 Å². The summed E-state index contributed by atoms with van der Waals surface area (Å²) in [5.74, 6) is 0.371. The molecule has 5 heteroatoms. The molecule has 2 rings (SSSR count). The Hall–Kier alpha value is -0.140. The molecule has 2 N–H and O–H groups in total. The van der Waals surface area contributed by atoms with Crippen LogP contribution >= 0.6 is 38.5 Å². The third-order valence-corrected chi connectivity index (χ3v) is 4.67. The Morgan fingerprint density at radius 1 is 1.50 bits per heavy atom. The maximum absolute atomic E-state index is 12.1. The fourth-order valence-corrected chi connectivity index (χ4v) is 3.18. The molecule has 0 spiro atoms. The van der Waals surface area contributed by atoms with E-state index in [0.29, 0.717) is 18.0 Å². The highest BCUT2D eigenvalue weighted by Crippen LogP contribution is 2.25. The second-order valence-corrected chi connectivity index (χ2v) is 6.74. The van der Waals surface area contributed by atoms with Crippen molar-refractivity contribution in [2.75, 3.05) is 6.54 Å². The molecule has 0 saturated heterocycles. The first-order valence-corrected chi connectivity index (χ1v) is 7.84. The van der Waals surface area contributed by atoms with E-state index in [4.69, 9.17) is 0 Å². The van der Waals surface area contributed by atoms with Crippen LogP contribution in [0.15, 0.2) is 22.7 Å². The van der Waals surface area contributed by atoms with Crippen molar-refractivity contribution in [3.05, 3.63) is 31.8 Å². The third kappa shape index (κ3) is 3.68. The van der Waals surface area contributed by atoms with Crippen LogP contribution in [-0.2, 0) is 0 Å². The summed E-state index contributed by atoms with van der Waals surface area (Å²) in [5, 5.41) is 12.4. The van der Waals surface area contributed by atoms with E-state index < -0.39 is 0 Å². The van der Waals surface area contributed by atoms with Crippen LogP contribution in [-0.4, -0.2) is 23.7 Å². The van der Waals surface area contributed by atoms with E-state index in [1.807, 2.05) is 18.2 Å². The van der Waals surface area contributed by atoms with Gasteiger partial charge in [-0.1, -0.05) is 15.9 Å². The summed E-state index contributed by atoms with van der Waals surface area (Å²) in [6.07, 6.45) is 2.47. The number of aliphatic hydroxyl groups excluding tert-OH is 1. The Labute approximate surface area is 129 Å². The summed E-state index contributed by atoms with van der Waals surface area (Å²) in [6, 6.07) is 5.67. The molecule has 1 aliphatic carbocycles. The molecule has 0 aromatic heterocycles. The summed E-state index contributed by atoms with van der Waals surface area (Å²) in [7, 11) is 0. The van der Waals surface area contributed by atoms with Gasteiger partial charge in [-0.05, 0) is 66.0 Å². The number of amides is 1. The molecule has 18 heavy (non-hydrogen) atoms. The summed E-state index contributed by atoms with van der Waals surface area (Å²) in [6.45, 7) is 0.651. The van der Waals surface area contributed by atoms with Crippen molar-refractivity contribution in [3.63, 3.8) is 0 Å². The molecule has 1 amide bonds. The van der Waals surface area contributed by atoms with Crippen molar-refractivity contribution < 1.29 is 9.90 Å². The normalized spacial score (nSPS) is 23.1. The number of carbonyl (C=O) groups is 1. The van der Waals surface area contributed by atoms with Crippen LogP contribution in [0.2, 0.25) is 0 Å². The standard InChI is InChI=1S/C13H15BrINO2/c14-9-2-4-12(15)11(6-9)13(18)16-7-8-1-3-10(17)5-8/h2,4,6,8,10,17H,1,3,5,7H2,(H,16,18). The van der Waals surface area contributed by atoms with Crippen LogP contribution in [0.1, 0.15) is 29.6 Å². The zero-order valence-corrected chi connectivity index (χ0v) is 13.6. The van der Waals surface area contributed by atoms with Crippen LogP contribution in [0.3, 0.4) is 0 Å². The molecule has 3 nitrogen and oxygen atoms in total. The first kappa shape index (κ1) is 14.3. The van der Waals surface area contributed by atoms with E-state index in [9.17, 15) is 9.90 Å². The predicted molar refractivity (Wildman–Crippen MR) is 82.5 cm³/mol. The maximum atomic E-state index is 12.1.